The predicted molar refractivity (Wildman–Crippen MR) is 67.8 cm³/mol. The molecule has 88 valence electrons. The van der Waals surface area contributed by atoms with Crippen molar-refractivity contribution in [2.75, 3.05) is 11.4 Å². The zero-order valence-electron chi connectivity index (χ0n) is 8.99. The summed E-state index contributed by atoms with van der Waals surface area (Å²) in [7, 11) is -2.16. The summed E-state index contributed by atoms with van der Waals surface area (Å²) in [5.74, 6) is 0.339. The zero-order chi connectivity index (χ0) is 12.3. The molecule has 1 atom stereocenters. The maximum absolute atomic E-state index is 12.0. The third-order valence-electron chi connectivity index (χ3n) is 2.20. The van der Waals surface area contributed by atoms with E-state index >= 15 is 0 Å². The predicted octanol–water partition coefficient (Wildman–Crippen LogP) is 0.522. The zero-order valence-corrected chi connectivity index (χ0v) is 10.6. The minimum Gasteiger partial charge on any atom is -0.392 e. The molecular formula is C9H13N3O2S2. The van der Waals surface area contributed by atoms with Gasteiger partial charge in [-0.05, 0) is 19.1 Å². The Kier molecular flexibility index (Phi) is 3.82. The van der Waals surface area contributed by atoms with Gasteiger partial charge >= 0.3 is 0 Å². The fraction of sp³-hybridized carbons (Fsp3) is 0.333. The molecule has 0 fully saturated rings. The van der Waals surface area contributed by atoms with Crippen LogP contribution in [0.2, 0.25) is 0 Å². The van der Waals surface area contributed by atoms with Gasteiger partial charge in [0.05, 0.1) is 4.99 Å². The molecule has 0 radical (unpaired) electrons. The molecule has 0 saturated heterocycles. The SMILES string of the molecule is CC(C(N)=S)S(=O)(=O)N(C)c1ccccn1. The number of aromatic nitrogens is 1. The highest BCUT2D eigenvalue weighted by atomic mass is 32.2. The minimum absolute atomic E-state index is 0.0530. The molecule has 1 aromatic heterocycles. The number of pyridine rings is 1. The molecule has 2 N–H and O–H groups in total. The van der Waals surface area contributed by atoms with E-state index < -0.39 is 15.3 Å². The van der Waals surface area contributed by atoms with Gasteiger partial charge in [-0.15, -0.1) is 0 Å². The van der Waals surface area contributed by atoms with Crippen molar-refractivity contribution in [3.8, 4) is 0 Å². The van der Waals surface area contributed by atoms with Crippen LogP contribution in [0.1, 0.15) is 6.92 Å². The van der Waals surface area contributed by atoms with Crippen LogP contribution >= 0.6 is 12.2 Å². The molecule has 5 nitrogen and oxygen atoms in total. The van der Waals surface area contributed by atoms with Crippen LogP contribution in [0, 0.1) is 0 Å². The van der Waals surface area contributed by atoms with E-state index in [0.717, 1.165) is 4.31 Å². The Balaban J connectivity index is 3.07. The summed E-state index contributed by atoms with van der Waals surface area (Å²) in [6.45, 7) is 1.46. The summed E-state index contributed by atoms with van der Waals surface area (Å²) < 4.78 is 25.1. The molecule has 1 rings (SSSR count). The van der Waals surface area contributed by atoms with Crippen LogP contribution in [-0.4, -0.2) is 30.7 Å². The van der Waals surface area contributed by atoms with E-state index in [4.69, 9.17) is 5.73 Å². The molecule has 7 heteroatoms. The Morgan fingerprint density at radius 1 is 1.56 bits per heavy atom. The first-order valence-electron chi connectivity index (χ1n) is 4.55. The van der Waals surface area contributed by atoms with E-state index in [1.54, 1.807) is 18.2 Å². The van der Waals surface area contributed by atoms with Gasteiger partial charge in [-0.3, -0.25) is 4.31 Å². The molecule has 16 heavy (non-hydrogen) atoms. The molecule has 0 aromatic carbocycles. The molecule has 0 amide bonds. The van der Waals surface area contributed by atoms with Gasteiger partial charge in [0, 0.05) is 13.2 Å². The average molecular weight is 259 g/mol. The molecule has 0 saturated carbocycles. The van der Waals surface area contributed by atoms with E-state index in [9.17, 15) is 8.42 Å². The van der Waals surface area contributed by atoms with Crippen LogP contribution in [0.5, 0.6) is 0 Å². The van der Waals surface area contributed by atoms with Crippen LogP contribution in [0.15, 0.2) is 24.4 Å². The monoisotopic (exact) mass is 259 g/mol. The van der Waals surface area contributed by atoms with Crippen molar-refractivity contribution in [2.24, 2.45) is 5.73 Å². The van der Waals surface area contributed by atoms with E-state index in [0.29, 0.717) is 5.82 Å². The van der Waals surface area contributed by atoms with Crippen LogP contribution in [-0.2, 0) is 10.0 Å². The molecule has 1 unspecified atom stereocenters. The standard InChI is InChI=1S/C9H13N3O2S2/c1-7(9(10)15)16(13,14)12(2)8-5-3-4-6-11-8/h3-7H,1-2H3,(H2,10,15). The Hall–Kier alpha value is -1.21. The number of thiocarbonyl (C=S) groups is 1. The smallest absolute Gasteiger partial charge is 0.245 e. The number of anilines is 1. The number of hydrogen-bond donors (Lipinski definition) is 1. The summed E-state index contributed by atoms with van der Waals surface area (Å²) in [4.78, 5) is 3.90. The number of sulfonamides is 1. The second-order valence-electron chi connectivity index (χ2n) is 3.24. The molecule has 1 aromatic rings. The highest BCUT2D eigenvalue weighted by molar-refractivity contribution is 7.95. The lowest BCUT2D eigenvalue weighted by atomic mass is 10.5. The summed E-state index contributed by atoms with van der Waals surface area (Å²) >= 11 is 4.69. The lowest BCUT2D eigenvalue weighted by molar-refractivity contribution is 0.591. The molecule has 0 spiro atoms. The van der Waals surface area contributed by atoms with E-state index in [1.165, 1.54) is 20.2 Å². The van der Waals surface area contributed by atoms with Gasteiger partial charge in [0.25, 0.3) is 0 Å². The Bertz CT molecular complexity index is 473. The maximum Gasteiger partial charge on any atom is 0.245 e. The number of hydrogen-bond acceptors (Lipinski definition) is 4. The summed E-state index contributed by atoms with van der Waals surface area (Å²) in [5.41, 5.74) is 5.34. The lowest BCUT2D eigenvalue weighted by Gasteiger charge is -2.21. The van der Waals surface area contributed by atoms with Gasteiger partial charge in [-0.25, -0.2) is 13.4 Å². The van der Waals surface area contributed by atoms with Gasteiger partial charge < -0.3 is 5.73 Å². The lowest BCUT2D eigenvalue weighted by Crippen LogP contribution is -2.41. The summed E-state index contributed by atoms with van der Waals surface area (Å²) in [6, 6.07) is 5.02. The van der Waals surface area contributed by atoms with Gasteiger partial charge in [-0.2, -0.15) is 0 Å². The van der Waals surface area contributed by atoms with Crippen LogP contribution in [0.4, 0.5) is 5.82 Å². The number of nitrogens with zero attached hydrogens (tertiary/aromatic N) is 2. The van der Waals surface area contributed by atoms with Crippen LogP contribution in [0.3, 0.4) is 0 Å². The van der Waals surface area contributed by atoms with Gasteiger partial charge in [0.15, 0.2) is 0 Å². The van der Waals surface area contributed by atoms with Crippen molar-refractivity contribution in [3.05, 3.63) is 24.4 Å². The first kappa shape index (κ1) is 12.9. The first-order chi connectivity index (χ1) is 7.37. The first-order valence-corrected chi connectivity index (χ1v) is 6.46. The molecule has 0 aliphatic heterocycles. The van der Waals surface area contributed by atoms with Crippen molar-refractivity contribution < 1.29 is 8.42 Å². The summed E-state index contributed by atoms with van der Waals surface area (Å²) in [5, 5.41) is -0.908. The minimum atomic E-state index is -3.59. The maximum atomic E-state index is 12.0. The number of nitrogens with two attached hydrogens (primary N) is 1. The van der Waals surface area contributed by atoms with Crippen molar-refractivity contribution in [3.63, 3.8) is 0 Å². The van der Waals surface area contributed by atoms with E-state index in [1.807, 2.05) is 0 Å². The molecular weight excluding hydrogens is 246 g/mol. The molecule has 1 heterocycles. The molecule has 0 aliphatic carbocycles. The summed E-state index contributed by atoms with van der Waals surface area (Å²) in [6.07, 6.45) is 1.52. The van der Waals surface area contributed by atoms with E-state index in [2.05, 4.69) is 17.2 Å². The Morgan fingerprint density at radius 3 is 2.62 bits per heavy atom. The topological polar surface area (TPSA) is 76.3 Å². The second kappa shape index (κ2) is 4.75. The Morgan fingerprint density at radius 2 is 2.19 bits per heavy atom. The fourth-order valence-electron chi connectivity index (χ4n) is 1.05. The second-order valence-corrected chi connectivity index (χ2v) is 6.00. The van der Waals surface area contributed by atoms with Gasteiger partial charge in [-0.1, -0.05) is 18.3 Å². The van der Waals surface area contributed by atoms with Gasteiger partial charge in [0.2, 0.25) is 10.0 Å². The highest BCUT2D eigenvalue weighted by Crippen LogP contribution is 2.15. The number of rotatable bonds is 4. The van der Waals surface area contributed by atoms with Crippen LogP contribution < -0.4 is 10.0 Å². The molecule has 0 bridgehead atoms. The van der Waals surface area contributed by atoms with Crippen LogP contribution in [0.25, 0.3) is 0 Å². The third-order valence-corrected chi connectivity index (χ3v) is 4.80. The quantitative estimate of drug-likeness (QED) is 0.798. The van der Waals surface area contributed by atoms with Crippen molar-refractivity contribution >= 4 is 33.0 Å². The van der Waals surface area contributed by atoms with Gasteiger partial charge in [0.1, 0.15) is 11.1 Å². The third kappa shape index (κ3) is 2.48. The van der Waals surface area contributed by atoms with Crippen molar-refractivity contribution in [1.29, 1.82) is 0 Å². The highest BCUT2D eigenvalue weighted by Gasteiger charge is 2.28. The average Bonchev–Trinajstić information content (AvgIpc) is 2.28. The fourth-order valence-corrected chi connectivity index (χ4v) is 2.56. The Labute approximate surface area is 100 Å². The normalized spacial score (nSPS) is 13.1. The van der Waals surface area contributed by atoms with E-state index in [-0.39, 0.29) is 4.99 Å². The van der Waals surface area contributed by atoms with Crippen molar-refractivity contribution in [1.82, 2.24) is 4.98 Å². The van der Waals surface area contributed by atoms with Crippen molar-refractivity contribution in [2.45, 2.75) is 12.2 Å². The largest absolute Gasteiger partial charge is 0.392 e. The molecule has 0 aliphatic rings.